The van der Waals surface area contributed by atoms with Gasteiger partial charge in [0.25, 0.3) is 5.69 Å². The fraction of sp³-hybridized carbons (Fsp3) is 0.533. The lowest BCUT2D eigenvalue weighted by Gasteiger charge is -2.17. The number of anilines is 1. The van der Waals surface area contributed by atoms with Crippen molar-refractivity contribution in [3.63, 3.8) is 0 Å². The first-order valence-electron chi connectivity index (χ1n) is 7.41. The minimum atomic E-state index is -0.423. The molecule has 0 atom stereocenters. The van der Waals surface area contributed by atoms with Gasteiger partial charge in [0.05, 0.1) is 10.6 Å². The second kappa shape index (κ2) is 8.70. The topological polar surface area (TPSA) is 89.5 Å². The summed E-state index contributed by atoms with van der Waals surface area (Å²) in [5.74, 6) is 0.0574. The van der Waals surface area contributed by atoms with Gasteiger partial charge in [0.15, 0.2) is 0 Å². The van der Waals surface area contributed by atoms with Crippen molar-refractivity contribution < 1.29 is 9.72 Å². The van der Waals surface area contributed by atoms with Gasteiger partial charge in [0.2, 0.25) is 5.91 Å². The molecule has 0 bridgehead atoms. The van der Waals surface area contributed by atoms with E-state index < -0.39 is 4.92 Å². The molecule has 22 heavy (non-hydrogen) atoms. The predicted molar refractivity (Wildman–Crippen MR) is 88.5 cm³/mol. The van der Waals surface area contributed by atoms with Crippen molar-refractivity contribution in [2.45, 2.75) is 38.5 Å². The zero-order valence-corrected chi connectivity index (χ0v) is 13.3. The number of carbonyl (C=O) groups excluding carboxylic acids is 1. The summed E-state index contributed by atoms with van der Waals surface area (Å²) >= 11 is 0. The normalized spacial score (nSPS) is 12.7. The molecule has 122 valence electrons. The van der Waals surface area contributed by atoms with Crippen LogP contribution in [0.3, 0.4) is 0 Å². The lowest BCUT2D eigenvalue weighted by Crippen LogP contribution is -2.28. The van der Waals surface area contributed by atoms with Crippen LogP contribution in [-0.2, 0) is 11.2 Å². The van der Waals surface area contributed by atoms with E-state index in [2.05, 4.69) is 0 Å². The maximum absolute atomic E-state index is 12.3. The highest BCUT2D eigenvalue weighted by Gasteiger charge is 2.26. The summed E-state index contributed by atoms with van der Waals surface area (Å²) in [7, 11) is 0. The summed E-state index contributed by atoms with van der Waals surface area (Å²) in [6.45, 7) is 1.31. The number of non-ortho nitro benzene ring substituents is 1. The van der Waals surface area contributed by atoms with Crippen molar-refractivity contribution in [3.8, 4) is 0 Å². The van der Waals surface area contributed by atoms with Gasteiger partial charge in [-0.15, -0.1) is 12.4 Å². The van der Waals surface area contributed by atoms with E-state index in [-0.39, 0.29) is 24.0 Å². The Balaban J connectivity index is 0.00000242. The van der Waals surface area contributed by atoms with Crippen molar-refractivity contribution in [1.82, 2.24) is 0 Å². The van der Waals surface area contributed by atoms with Crippen LogP contribution >= 0.6 is 12.4 Å². The molecular weight excluding hydrogens is 306 g/mol. The van der Waals surface area contributed by atoms with Gasteiger partial charge in [-0.3, -0.25) is 14.9 Å². The zero-order valence-electron chi connectivity index (χ0n) is 12.5. The smallest absolute Gasteiger partial charge is 0.271 e. The first-order valence-corrected chi connectivity index (χ1v) is 7.41. The molecule has 1 aromatic carbocycles. The Hall–Kier alpha value is -1.66. The first kappa shape index (κ1) is 18.4. The Morgan fingerprint density at radius 3 is 2.68 bits per heavy atom. The Bertz CT molecular complexity index is 537. The Kier molecular flexibility index (Phi) is 7.27. The average molecular weight is 328 g/mol. The monoisotopic (exact) mass is 327 g/mol. The Labute approximate surface area is 136 Å². The van der Waals surface area contributed by atoms with Gasteiger partial charge in [0, 0.05) is 25.1 Å². The number of hydrogen-bond donors (Lipinski definition) is 1. The molecule has 7 heteroatoms. The van der Waals surface area contributed by atoms with Crippen LogP contribution in [0.5, 0.6) is 0 Å². The highest BCUT2D eigenvalue weighted by Crippen LogP contribution is 2.32. The highest BCUT2D eigenvalue weighted by molar-refractivity contribution is 5.95. The van der Waals surface area contributed by atoms with Crippen LogP contribution in [0, 0.1) is 10.1 Å². The number of nitro groups is 1. The van der Waals surface area contributed by atoms with Gasteiger partial charge < -0.3 is 10.6 Å². The molecule has 1 amide bonds. The molecular formula is C15H22ClN3O3. The lowest BCUT2D eigenvalue weighted by atomic mass is 10.1. The minimum absolute atomic E-state index is 0. The SMILES string of the molecule is Cl.NCCCCCCC(=O)N1CCc2ccc([N+](=O)[O-])cc21. The second-order valence-electron chi connectivity index (χ2n) is 5.32. The van der Waals surface area contributed by atoms with Crippen molar-refractivity contribution >= 4 is 29.7 Å². The molecule has 2 N–H and O–H groups in total. The van der Waals surface area contributed by atoms with E-state index in [1.54, 1.807) is 11.0 Å². The lowest BCUT2D eigenvalue weighted by molar-refractivity contribution is -0.384. The van der Waals surface area contributed by atoms with E-state index in [1.165, 1.54) is 12.1 Å². The molecule has 1 aliphatic rings. The first-order chi connectivity index (χ1) is 10.1. The Morgan fingerprint density at radius 2 is 2.00 bits per heavy atom. The number of nitrogens with zero attached hydrogens (tertiary/aromatic N) is 2. The maximum atomic E-state index is 12.3. The van der Waals surface area contributed by atoms with Crippen molar-refractivity contribution in [1.29, 1.82) is 0 Å². The number of hydrogen-bond acceptors (Lipinski definition) is 4. The van der Waals surface area contributed by atoms with Crippen LogP contribution in [0.2, 0.25) is 0 Å². The molecule has 0 aliphatic carbocycles. The quantitative estimate of drug-likeness (QED) is 0.473. The van der Waals surface area contributed by atoms with Crippen LogP contribution in [-0.4, -0.2) is 23.9 Å². The van der Waals surface area contributed by atoms with E-state index in [0.717, 1.165) is 37.7 Å². The third-order valence-electron chi connectivity index (χ3n) is 3.82. The molecule has 1 aromatic rings. The molecule has 0 saturated carbocycles. The molecule has 2 rings (SSSR count). The summed E-state index contributed by atoms with van der Waals surface area (Å²) in [5, 5.41) is 10.8. The van der Waals surface area contributed by atoms with Gasteiger partial charge in [-0.2, -0.15) is 0 Å². The van der Waals surface area contributed by atoms with Crippen LogP contribution in [0.15, 0.2) is 18.2 Å². The van der Waals surface area contributed by atoms with E-state index >= 15 is 0 Å². The molecule has 1 heterocycles. The van der Waals surface area contributed by atoms with Gasteiger partial charge >= 0.3 is 0 Å². The maximum Gasteiger partial charge on any atom is 0.271 e. The number of halogens is 1. The third kappa shape index (κ3) is 4.42. The van der Waals surface area contributed by atoms with E-state index in [4.69, 9.17) is 5.73 Å². The number of nitro benzene ring substituents is 1. The van der Waals surface area contributed by atoms with E-state index in [0.29, 0.717) is 25.2 Å². The molecule has 1 aliphatic heterocycles. The highest BCUT2D eigenvalue weighted by atomic mass is 35.5. The van der Waals surface area contributed by atoms with Crippen molar-refractivity contribution in [2.75, 3.05) is 18.0 Å². The number of amides is 1. The summed E-state index contributed by atoms with van der Waals surface area (Å²) < 4.78 is 0. The summed E-state index contributed by atoms with van der Waals surface area (Å²) in [4.78, 5) is 24.4. The fourth-order valence-electron chi connectivity index (χ4n) is 2.65. The van der Waals surface area contributed by atoms with Gasteiger partial charge in [-0.1, -0.05) is 18.9 Å². The average Bonchev–Trinajstić information content (AvgIpc) is 2.89. The number of unbranched alkanes of at least 4 members (excludes halogenated alkanes) is 3. The standard InChI is InChI=1S/C15H21N3O3.ClH/c16-9-4-2-1-3-5-15(19)17-10-8-12-6-7-13(18(20)21)11-14(12)17;/h6-7,11H,1-5,8-10,16H2;1H. The minimum Gasteiger partial charge on any atom is -0.330 e. The van der Waals surface area contributed by atoms with Crippen LogP contribution in [0.4, 0.5) is 11.4 Å². The number of benzene rings is 1. The molecule has 0 saturated heterocycles. The van der Waals surface area contributed by atoms with Crippen LogP contribution < -0.4 is 10.6 Å². The number of rotatable bonds is 7. The summed E-state index contributed by atoms with van der Waals surface area (Å²) in [6.07, 6.45) is 5.15. The molecule has 0 spiro atoms. The van der Waals surface area contributed by atoms with Gasteiger partial charge in [0.1, 0.15) is 0 Å². The van der Waals surface area contributed by atoms with Crippen molar-refractivity contribution in [3.05, 3.63) is 33.9 Å². The fourth-order valence-corrected chi connectivity index (χ4v) is 2.65. The molecule has 6 nitrogen and oxygen atoms in total. The van der Waals surface area contributed by atoms with Gasteiger partial charge in [-0.05, 0) is 31.4 Å². The van der Waals surface area contributed by atoms with Crippen molar-refractivity contribution in [2.24, 2.45) is 5.73 Å². The predicted octanol–water partition coefficient (Wildman–Crippen LogP) is 2.81. The van der Waals surface area contributed by atoms with E-state index in [1.807, 2.05) is 0 Å². The number of fused-ring (bicyclic) bond motifs is 1. The zero-order chi connectivity index (χ0) is 15.2. The number of carbonyl (C=O) groups is 1. The largest absolute Gasteiger partial charge is 0.330 e. The third-order valence-corrected chi connectivity index (χ3v) is 3.82. The summed E-state index contributed by atoms with van der Waals surface area (Å²) in [6, 6.07) is 4.76. The molecule has 0 unspecified atom stereocenters. The van der Waals surface area contributed by atoms with Crippen LogP contribution in [0.25, 0.3) is 0 Å². The molecule has 0 radical (unpaired) electrons. The summed E-state index contributed by atoms with van der Waals surface area (Å²) in [5.41, 5.74) is 7.19. The molecule has 0 fully saturated rings. The van der Waals surface area contributed by atoms with E-state index in [9.17, 15) is 14.9 Å². The molecule has 0 aromatic heterocycles. The van der Waals surface area contributed by atoms with Gasteiger partial charge in [-0.25, -0.2) is 0 Å². The number of nitrogens with two attached hydrogens (primary N) is 1. The Morgan fingerprint density at radius 1 is 1.27 bits per heavy atom. The second-order valence-corrected chi connectivity index (χ2v) is 5.32. The van der Waals surface area contributed by atoms with Crippen LogP contribution in [0.1, 0.15) is 37.7 Å².